The van der Waals surface area contributed by atoms with Crippen molar-refractivity contribution in [3.05, 3.63) is 29.8 Å². The number of aromatic nitrogens is 4. The number of hydrogen-bond donors (Lipinski definition) is 1. The van der Waals surface area contributed by atoms with Crippen LogP contribution in [0.5, 0.6) is 0 Å². The van der Waals surface area contributed by atoms with Crippen LogP contribution < -0.4 is 5.73 Å². The average molecular weight is 259 g/mol. The minimum atomic E-state index is 0.492. The van der Waals surface area contributed by atoms with E-state index in [1.54, 1.807) is 18.5 Å². The van der Waals surface area contributed by atoms with Crippen LogP contribution in [-0.4, -0.2) is 19.9 Å². The fraction of sp³-hybridized carbons (Fsp3) is 0.333. The van der Waals surface area contributed by atoms with Crippen LogP contribution in [-0.2, 0) is 0 Å². The lowest BCUT2D eigenvalue weighted by Crippen LogP contribution is -1.99. The molecule has 0 spiro atoms. The number of hydrogen-bond acceptors (Lipinski definition) is 6. The van der Waals surface area contributed by atoms with Gasteiger partial charge < -0.3 is 5.73 Å². The summed E-state index contributed by atoms with van der Waals surface area (Å²) >= 11 is 1.42. The molecule has 2 heterocycles. The first-order valence-electron chi connectivity index (χ1n) is 5.81. The molecule has 0 amide bonds. The van der Waals surface area contributed by atoms with Crippen molar-refractivity contribution < 1.29 is 0 Å². The molecule has 2 aromatic heterocycles. The third-order valence-corrected chi connectivity index (χ3v) is 3.45. The van der Waals surface area contributed by atoms with Gasteiger partial charge in [-0.1, -0.05) is 0 Å². The summed E-state index contributed by atoms with van der Waals surface area (Å²) < 4.78 is 0. The molecule has 0 saturated heterocycles. The van der Waals surface area contributed by atoms with Crippen LogP contribution in [0.2, 0.25) is 0 Å². The van der Waals surface area contributed by atoms with Crippen LogP contribution in [0.1, 0.15) is 30.1 Å². The predicted octanol–water partition coefficient (Wildman–Crippen LogP) is 2.19. The summed E-state index contributed by atoms with van der Waals surface area (Å²) in [7, 11) is 0. The maximum absolute atomic E-state index is 5.80. The Morgan fingerprint density at radius 2 is 1.94 bits per heavy atom. The molecular formula is C12H13N5S. The Bertz CT molecular complexity index is 565. The van der Waals surface area contributed by atoms with E-state index in [-0.39, 0.29) is 0 Å². The normalized spacial score (nSPS) is 14.7. The SMILES string of the molecule is Cc1cnc(Sc2cc(N)nc(C3CC3)n2)nc1. The van der Waals surface area contributed by atoms with Gasteiger partial charge in [-0.05, 0) is 37.1 Å². The summed E-state index contributed by atoms with van der Waals surface area (Å²) in [6.45, 7) is 1.96. The minimum Gasteiger partial charge on any atom is -0.384 e. The van der Waals surface area contributed by atoms with E-state index < -0.39 is 0 Å². The Balaban J connectivity index is 1.85. The van der Waals surface area contributed by atoms with Gasteiger partial charge in [0.15, 0.2) is 5.16 Å². The summed E-state index contributed by atoms with van der Waals surface area (Å²) in [5.41, 5.74) is 6.84. The Hall–Kier alpha value is -1.69. The van der Waals surface area contributed by atoms with Crippen LogP contribution in [0.15, 0.2) is 28.6 Å². The lowest BCUT2D eigenvalue weighted by atomic mass is 10.4. The zero-order chi connectivity index (χ0) is 12.5. The molecule has 5 nitrogen and oxygen atoms in total. The third kappa shape index (κ3) is 2.59. The van der Waals surface area contributed by atoms with Crippen molar-refractivity contribution in [2.45, 2.75) is 35.9 Å². The van der Waals surface area contributed by atoms with Gasteiger partial charge in [-0.25, -0.2) is 19.9 Å². The molecule has 18 heavy (non-hydrogen) atoms. The zero-order valence-electron chi connectivity index (χ0n) is 10.00. The Kier molecular flexibility index (Phi) is 2.87. The van der Waals surface area contributed by atoms with Crippen molar-refractivity contribution in [1.29, 1.82) is 0 Å². The predicted molar refractivity (Wildman–Crippen MR) is 69.3 cm³/mol. The monoisotopic (exact) mass is 259 g/mol. The molecule has 0 unspecified atom stereocenters. The van der Waals surface area contributed by atoms with Crippen molar-refractivity contribution in [2.24, 2.45) is 0 Å². The van der Waals surface area contributed by atoms with Crippen molar-refractivity contribution in [2.75, 3.05) is 5.73 Å². The molecule has 6 heteroatoms. The molecule has 0 aliphatic heterocycles. The maximum Gasteiger partial charge on any atom is 0.193 e. The summed E-state index contributed by atoms with van der Waals surface area (Å²) in [5, 5.41) is 1.49. The molecule has 0 bridgehead atoms. The second kappa shape index (κ2) is 4.53. The third-order valence-electron chi connectivity index (χ3n) is 2.64. The van der Waals surface area contributed by atoms with Crippen molar-refractivity contribution in [3.8, 4) is 0 Å². The first-order valence-corrected chi connectivity index (χ1v) is 6.63. The molecule has 2 N–H and O–H groups in total. The van der Waals surface area contributed by atoms with Gasteiger partial charge in [-0.15, -0.1) is 0 Å². The molecule has 92 valence electrons. The Labute approximate surface area is 109 Å². The molecule has 0 radical (unpaired) electrons. The molecule has 1 aliphatic rings. The van der Waals surface area contributed by atoms with E-state index in [1.165, 1.54) is 11.8 Å². The molecule has 1 saturated carbocycles. The minimum absolute atomic E-state index is 0.492. The number of anilines is 1. The van der Waals surface area contributed by atoms with Crippen LogP contribution in [0.25, 0.3) is 0 Å². The van der Waals surface area contributed by atoms with Gasteiger partial charge in [0.05, 0.1) is 0 Å². The van der Waals surface area contributed by atoms with Crippen LogP contribution in [0, 0.1) is 6.92 Å². The van der Waals surface area contributed by atoms with Gasteiger partial charge in [0.25, 0.3) is 0 Å². The van der Waals surface area contributed by atoms with Gasteiger partial charge >= 0.3 is 0 Å². The lowest BCUT2D eigenvalue weighted by Gasteiger charge is -2.03. The summed E-state index contributed by atoms with van der Waals surface area (Å²) in [6.07, 6.45) is 5.91. The van der Waals surface area contributed by atoms with E-state index in [2.05, 4.69) is 19.9 Å². The standard InChI is InChI=1S/C12H13N5S/c1-7-5-14-12(15-6-7)18-10-4-9(13)16-11(17-10)8-2-3-8/h4-6,8H,2-3H2,1H3,(H2,13,16,17). The van der Waals surface area contributed by atoms with Crippen LogP contribution >= 0.6 is 11.8 Å². The number of aryl methyl sites for hydroxylation is 1. The van der Waals surface area contributed by atoms with E-state index in [9.17, 15) is 0 Å². The fourth-order valence-corrected chi connectivity index (χ4v) is 2.28. The van der Waals surface area contributed by atoms with Crippen molar-refractivity contribution in [3.63, 3.8) is 0 Å². The molecule has 1 fully saturated rings. The largest absolute Gasteiger partial charge is 0.384 e. The highest BCUT2D eigenvalue weighted by atomic mass is 32.2. The second-order valence-electron chi connectivity index (χ2n) is 4.41. The van der Waals surface area contributed by atoms with Crippen LogP contribution in [0.3, 0.4) is 0 Å². The van der Waals surface area contributed by atoms with E-state index in [0.29, 0.717) is 16.9 Å². The fourth-order valence-electron chi connectivity index (χ4n) is 1.56. The smallest absolute Gasteiger partial charge is 0.193 e. The Morgan fingerprint density at radius 1 is 1.22 bits per heavy atom. The highest BCUT2D eigenvalue weighted by Crippen LogP contribution is 2.39. The quantitative estimate of drug-likeness (QED) is 0.672. The highest BCUT2D eigenvalue weighted by Gasteiger charge is 2.27. The summed E-state index contributed by atoms with van der Waals surface area (Å²) in [4.78, 5) is 17.3. The molecule has 1 aliphatic carbocycles. The molecule has 0 atom stereocenters. The topological polar surface area (TPSA) is 77.6 Å². The van der Waals surface area contributed by atoms with E-state index in [0.717, 1.165) is 29.3 Å². The second-order valence-corrected chi connectivity index (χ2v) is 5.40. The number of nitrogens with two attached hydrogens (primary N) is 1. The van der Waals surface area contributed by atoms with Gasteiger partial charge in [-0.2, -0.15) is 0 Å². The highest BCUT2D eigenvalue weighted by molar-refractivity contribution is 7.99. The summed E-state index contributed by atoms with van der Waals surface area (Å²) in [6, 6.07) is 1.76. The van der Waals surface area contributed by atoms with Crippen molar-refractivity contribution in [1.82, 2.24) is 19.9 Å². The number of nitrogen functional groups attached to an aromatic ring is 1. The molecule has 2 aromatic rings. The average Bonchev–Trinajstić information content (AvgIpc) is 3.15. The molecule has 0 aromatic carbocycles. The first-order chi connectivity index (χ1) is 8.70. The Morgan fingerprint density at radius 3 is 2.61 bits per heavy atom. The van der Waals surface area contributed by atoms with Crippen LogP contribution in [0.4, 0.5) is 5.82 Å². The number of rotatable bonds is 3. The van der Waals surface area contributed by atoms with E-state index >= 15 is 0 Å². The molecule has 3 rings (SSSR count). The first kappa shape index (κ1) is 11.4. The lowest BCUT2D eigenvalue weighted by molar-refractivity contribution is 0.877. The zero-order valence-corrected chi connectivity index (χ0v) is 10.8. The number of nitrogens with zero attached hydrogens (tertiary/aromatic N) is 4. The van der Waals surface area contributed by atoms with Gasteiger partial charge in [0.2, 0.25) is 0 Å². The van der Waals surface area contributed by atoms with E-state index in [1.807, 2.05) is 6.92 Å². The van der Waals surface area contributed by atoms with Crippen molar-refractivity contribution >= 4 is 17.6 Å². The van der Waals surface area contributed by atoms with Gasteiger partial charge in [0, 0.05) is 24.4 Å². The summed E-state index contributed by atoms with van der Waals surface area (Å²) in [5.74, 6) is 1.86. The van der Waals surface area contributed by atoms with Gasteiger partial charge in [-0.3, -0.25) is 0 Å². The molecular weight excluding hydrogens is 246 g/mol. The van der Waals surface area contributed by atoms with E-state index in [4.69, 9.17) is 5.73 Å². The van der Waals surface area contributed by atoms with Gasteiger partial charge in [0.1, 0.15) is 16.7 Å². The maximum atomic E-state index is 5.80.